The highest BCUT2D eigenvalue weighted by Crippen LogP contribution is 2.13. The zero-order valence-electron chi connectivity index (χ0n) is 18.6. The Morgan fingerprint density at radius 1 is 0.308 bits per heavy atom. The third-order valence-electron chi connectivity index (χ3n) is 5.44. The quantitative estimate of drug-likeness (QED) is 0.149. The number of hydrogen-bond acceptors (Lipinski definition) is 0. The van der Waals surface area contributed by atoms with Gasteiger partial charge in [-0.05, 0) is 12.8 Å². The van der Waals surface area contributed by atoms with Gasteiger partial charge in [0.15, 0.2) is 0 Å². The predicted molar refractivity (Wildman–Crippen MR) is 121 cm³/mol. The summed E-state index contributed by atoms with van der Waals surface area (Å²) in [5, 5.41) is 0. The van der Waals surface area contributed by atoms with Gasteiger partial charge in [-0.25, -0.2) is 0 Å². The van der Waals surface area contributed by atoms with Crippen LogP contribution in [0.1, 0.15) is 155 Å². The highest BCUT2D eigenvalue weighted by Gasteiger charge is 1.93. The van der Waals surface area contributed by atoms with Gasteiger partial charge in [0, 0.05) is 12.8 Å². The van der Waals surface area contributed by atoms with Crippen LogP contribution in [0.5, 0.6) is 0 Å². The first-order chi connectivity index (χ1) is 12.9. The van der Waals surface area contributed by atoms with Crippen molar-refractivity contribution in [1.29, 1.82) is 0 Å². The Morgan fingerprint density at radius 2 is 0.538 bits per heavy atom. The summed E-state index contributed by atoms with van der Waals surface area (Å²) < 4.78 is 0. The van der Waals surface area contributed by atoms with Gasteiger partial charge in [0.2, 0.25) is 0 Å². The first kappa shape index (κ1) is 25.6. The van der Waals surface area contributed by atoms with Gasteiger partial charge in [-0.15, -0.1) is 11.8 Å². The van der Waals surface area contributed by atoms with Crippen LogP contribution in [0.4, 0.5) is 0 Å². The molecule has 0 unspecified atom stereocenters. The normalized spacial score (nSPS) is 10.7. The highest BCUT2D eigenvalue weighted by atomic mass is 14.0. The van der Waals surface area contributed by atoms with Gasteiger partial charge < -0.3 is 0 Å². The van der Waals surface area contributed by atoms with Crippen molar-refractivity contribution in [2.75, 3.05) is 0 Å². The van der Waals surface area contributed by atoms with Crippen molar-refractivity contribution in [2.45, 2.75) is 155 Å². The van der Waals surface area contributed by atoms with Crippen LogP contribution in [0.3, 0.4) is 0 Å². The fourth-order valence-electron chi connectivity index (χ4n) is 3.58. The van der Waals surface area contributed by atoms with Gasteiger partial charge in [-0.2, -0.15) is 0 Å². The zero-order chi connectivity index (χ0) is 19.0. The number of rotatable bonds is 20. The molecule has 0 bridgehead atoms. The molecule has 0 fully saturated rings. The third kappa shape index (κ3) is 23.6. The summed E-state index contributed by atoms with van der Waals surface area (Å²) in [6.07, 6.45) is 30.7. The van der Waals surface area contributed by atoms with Gasteiger partial charge in [0.1, 0.15) is 0 Å². The smallest absolute Gasteiger partial charge is 0.00886 e. The average Bonchev–Trinajstić information content (AvgIpc) is 2.66. The molecule has 154 valence electrons. The molecule has 0 atom stereocenters. The summed E-state index contributed by atoms with van der Waals surface area (Å²) in [6.45, 7) is 4.58. The average molecular weight is 363 g/mol. The van der Waals surface area contributed by atoms with Crippen LogP contribution in [0.2, 0.25) is 0 Å². The van der Waals surface area contributed by atoms with E-state index in [-0.39, 0.29) is 0 Å². The summed E-state index contributed by atoms with van der Waals surface area (Å²) in [4.78, 5) is 0. The number of unbranched alkanes of at least 4 members (excludes halogenated alkanes) is 20. The lowest BCUT2D eigenvalue weighted by molar-refractivity contribution is 0.540. The predicted octanol–water partition coefficient (Wildman–Crippen LogP) is 9.61. The Labute approximate surface area is 167 Å². The summed E-state index contributed by atoms with van der Waals surface area (Å²) in [6, 6.07) is 0. The molecule has 0 nitrogen and oxygen atoms in total. The van der Waals surface area contributed by atoms with E-state index in [1.54, 1.807) is 0 Å². The van der Waals surface area contributed by atoms with Crippen molar-refractivity contribution >= 4 is 0 Å². The molecule has 0 heterocycles. The van der Waals surface area contributed by atoms with E-state index in [1.165, 1.54) is 128 Å². The van der Waals surface area contributed by atoms with E-state index in [9.17, 15) is 0 Å². The highest BCUT2D eigenvalue weighted by molar-refractivity contribution is 4.98. The molecule has 0 rings (SSSR count). The van der Waals surface area contributed by atoms with Crippen molar-refractivity contribution < 1.29 is 0 Å². The van der Waals surface area contributed by atoms with Crippen molar-refractivity contribution in [3.05, 3.63) is 0 Å². The topological polar surface area (TPSA) is 0 Å². The second kappa shape index (κ2) is 24.6. The first-order valence-electron chi connectivity index (χ1n) is 12.4. The molecule has 0 aliphatic carbocycles. The van der Waals surface area contributed by atoms with E-state index < -0.39 is 0 Å². The van der Waals surface area contributed by atoms with E-state index in [0.717, 1.165) is 12.8 Å². The molecule has 0 saturated heterocycles. The standard InChI is InChI=1S/C26H50/c1-3-5-7-9-11-13-15-17-19-21-23-25-26-24-22-20-18-16-14-12-10-8-6-4-2/h3-19,21,23-26H2,1-2H3. The molecule has 0 radical (unpaired) electrons. The lowest BCUT2D eigenvalue weighted by atomic mass is 10.0. The minimum Gasteiger partial charge on any atom is -0.103 e. The van der Waals surface area contributed by atoms with E-state index >= 15 is 0 Å². The fraction of sp³-hybridized carbons (Fsp3) is 0.923. The van der Waals surface area contributed by atoms with Crippen LogP contribution in [0, 0.1) is 11.8 Å². The second-order valence-corrected chi connectivity index (χ2v) is 8.22. The summed E-state index contributed by atoms with van der Waals surface area (Å²) in [5.41, 5.74) is 0. The lowest BCUT2D eigenvalue weighted by Crippen LogP contribution is -1.83. The van der Waals surface area contributed by atoms with Crippen LogP contribution < -0.4 is 0 Å². The molecule has 0 aromatic rings. The van der Waals surface area contributed by atoms with E-state index in [1.807, 2.05) is 0 Å². The monoisotopic (exact) mass is 362 g/mol. The molecule has 0 amide bonds. The van der Waals surface area contributed by atoms with Gasteiger partial charge in [0.05, 0.1) is 0 Å². The van der Waals surface area contributed by atoms with E-state index in [0.29, 0.717) is 0 Å². The molecule has 0 saturated carbocycles. The maximum absolute atomic E-state index is 3.39. The second-order valence-electron chi connectivity index (χ2n) is 8.22. The molecule has 0 aromatic heterocycles. The Kier molecular flexibility index (Phi) is 24.1. The Hall–Kier alpha value is -0.440. The SMILES string of the molecule is CCCCCCCCCC#CCCCCCCCCCCCCCCC. The van der Waals surface area contributed by atoms with Gasteiger partial charge in [0.25, 0.3) is 0 Å². The van der Waals surface area contributed by atoms with Crippen molar-refractivity contribution in [3.8, 4) is 11.8 Å². The Balaban J connectivity index is 3.07. The van der Waals surface area contributed by atoms with Crippen molar-refractivity contribution in [3.63, 3.8) is 0 Å². The molecular weight excluding hydrogens is 312 g/mol. The molecule has 26 heavy (non-hydrogen) atoms. The summed E-state index contributed by atoms with van der Waals surface area (Å²) in [5.74, 6) is 6.77. The van der Waals surface area contributed by atoms with Gasteiger partial charge in [-0.3, -0.25) is 0 Å². The number of hydrogen-bond donors (Lipinski definition) is 0. The van der Waals surface area contributed by atoms with Gasteiger partial charge in [-0.1, -0.05) is 129 Å². The maximum atomic E-state index is 3.39. The molecule has 0 N–H and O–H groups in total. The van der Waals surface area contributed by atoms with Crippen LogP contribution in [-0.2, 0) is 0 Å². The Bertz CT molecular complexity index is 293. The first-order valence-corrected chi connectivity index (χ1v) is 12.4. The lowest BCUT2D eigenvalue weighted by Gasteiger charge is -2.02. The van der Waals surface area contributed by atoms with Crippen LogP contribution in [0.25, 0.3) is 0 Å². The van der Waals surface area contributed by atoms with E-state index in [4.69, 9.17) is 0 Å². The van der Waals surface area contributed by atoms with Crippen molar-refractivity contribution in [2.24, 2.45) is 0 Å². The summed E-state index contributed by atoms with van der Waals surface area (Å²) in [7, 11) is 0. The molecule has 0 aliphatic rings. The summed E-state index contributed by atoms with van der Waals surface area (Å²) >= 11 is 0. The molecule has 0 spiro atoms. The van der Waals surface area contributed by atoms with Crippen LogP contribution >= 0.6 is 0 Å². The minimum absolute atomic E-state index is 1.13. The molecule has 0 aliphatic heterocycles. The van der Waals surface area contributed by atoms with Gasteiger partial charge >= 0.3 is 0 Å². The van der Waals surface area contributed by atoms with Crippen LogP contribution in [0.15, 0.2) is 0 Å². The molecule has 0 heteroatoms. The van der Waals surface area contributed by atoms with Crippen molar-refractivity contribution in [1.82, 2.24) is 0 Å². The molecule has 0 aromatic carbocycles. The fourth-order valence-corrected chi connectivity index (χ4v) is 3.58. The van der Waals surface area contributed by atoms with E-state index in [2.05, 4.69) is 25.7 Å². The minimum atomic E-state index is 1.13. The largest absolute Gasteiger partial charge is 0.103 e. The zero-order valence-corrected chi connectivity index (χ0v) is 18.6. The van der Waals surface area contributed by atoms with Crippen LogP contribution in [-0.4, -0.2) is 0 Å². The molecular formula is C26H50. The third-order valence-corrected chi connectivity index (χ3v) is 5.44. The Morgan fingerprint density at radius 3 is 0.808 bits per heavy atom. The maximum Gasteiger partial charge on any atom is 0.00886 e.